The van der Waals surface area contributed by atoms with E-state index in [4.69, 9.17) is 0 Å². The quantitative estimate of drug-likeness (QED) is 0.464. The van der Waals surface area contributed by atoms with Gasteiger partial charge in [0.15, 0.2) is 0 Å². The van der Waals surface area contributed by atoms with Gasteiger partial charge in [-0.3, -0.25) is 18.8 Å². The van der Waals surface area contributed by atoms with Crippen LogP contribution in [0.5, 0.6) is 0 Å². The van der Waals surface area contributed by atoms with E-state index < -0.39 is 27.8 Å². The largest absolute Gasteiger partial charge is 0.477 e. The van der Waals surface area contributed by atoms with E-state index in [-0.39, 0.29) is 17.0 Å². The summed E-state index contributed by atoms with van der Waals surface area (Å²) >= 11 is 0. The molecule has 1 saturated carbocycles. The number of carboxylic acid groups (broad SMARTS) is 1. The molecule has 188 valence electrons. The highest BCUT2D eigenvalue weighted by atomic mass is 32.3. The molecule has 36 heavy (non-hydrogen) atoms. The first-order valence-corrected chi connectivity index (χ1v) is 13.5. The third-order valence-electron chi connectivity index (χ3n) is 7.27. The van der Waals surface area contributed by atoms with Crippen LogP contribution in [0.4, 0.5) is 10.1 Å². The van der Waals surface area contributed by atoms with Gasteiger partial charge in [-0.25, -0.2) is 9.18 Å². The molecule has 0 atom stereocenters. The zero-order chi connectivity index (χ0) is 25.2. The van der Waals surface area contributed by atoms with Crippen molar-refractivity contribution in [1.82, 2.24) is 9.47 Å². The minimum absolute atomic E-state index is 0.0830. The molecule has 1 aliphatic carbocycles. The van der Waals surface area contributed by atoms with Gasteiger partial charge in [-0.2, -0.15) is 0 Å². The molecule has 0 amide bonds. The Hall–Kier alpha value is -3.18. The lowest BCUT2D eigenvalue weighted by Crippen LogP contribution is -2.47. The van der Waals surface area contributed by atoms with Crippen molar-refractivity contribution in [2.45, 2.75) is 23.8 Å². The average Bonchev–Trinajstić information content (AvgIpc) is 3.66. The van der Waals surface area contributed by atoms with E-state index >= 15 is 4.39 Å². The van der Waals surface area contributed by atoms with E-state index in [1.165, 1.54) is 12.3 Å². The van der Waals surface area contributed by atoms with Crippen LogP contribution in [-0.4, -0.2) is 62.4 Å². The van der Waals surface area contributed by atoms with Crippen LogP contribution in [0.2, 0.25) is 0 Å². The predicted octanol–water partition coefficient (Wildman–Crippen LogP) is 4.46. The van der Waals surface area contributed by atoms with Gasteiger partial charge in [-0.1, -0.05) is 18.2 Å². The molecule has 0 unspecified atom stereocenters. The summed E-state index contributed by atoms with van der Waals surface area (Å²) in [6, 6.07) is 10.2. The molecule has 0 radical (unpaired) electrons. The Morgan fingerprint density at radius 1 is 1.08 bits per heavy atom. The van der Waals surface area contributed by atoms with Crippen molar-refractivity contribution in [2.75, 3.05) is 37.6 Å². The second kappa shape index (κ2) is 8.45. The lowest BCUT2D eigenvalue weighted by atomic mass is 10.1. The monoisotopic (exact) mass is 511 g/mol. The number of rotatable bonds is 5. The minimum Gasteiger partial charge on any atom is -0.477 e. The predicted molar refractivity (Wildman–Crippen MR) is 138 cm³/mol. The van der Waals surface area contributed by atoms with Crippen molar-refractivity contribution < 1.29 is 23.4 Å². The first kappa shape index (κ1) is 23.2. The third-order valence-corrected chi connectivity index (χ3v) is 9.23. The van der Waals surface area contributed by atoms with Crippen LogP contribution in [0.25, 0.3) is 17.0 Å². The molecule has 0 bridgehead atoms. The highest BCUT2D eigenvalue weighted by molar-refractivity contribution is 8.28. The number of halogens is 1. The van der Waals surface area contributed by atoms with Gasteiger partial charge in [-0.05, 0) is 42.7 Å². The number of piperazine rings is 1. The van der Waals surface area contributed by atoms with Crippen LogP contribution in [0.15, 0.2) is 57.2 Å². The van der Waals surface area contributed by atoms with Crippen LogP contribution in [0, 0.1) is 5.82 Å². The number of hydrogen-bond acceptors (Lipinski definition) is 6. The zero-order valence-electron chi connectivity index (χ0n) is 19.4. The van der Waals surface area contributed by atoms with E-state index in [0.717, 1.165) is 18.4 Å². The van der Waals surface area contributed by atoms with Gasteiger partial charge >= 0.3 is 5.97 Å². The Morgan fingerprint density at radius 3 is 2.47 bits per heavy atom. The molecule has 3 aliphatic rings. The third kappa shape index (κ3) is 3.81. The average molecular weight is 512 g/mol. The van der Waals surface area contributed by atoms with E-state index in [1.54, 1.807) is 22.8 Å². The normalized spacial score (nSPS) is 20.3. The lowest BCUT2D eigenvalue weighted by Gasteiger charge is -2.39. The van der Waals surface area contributed by atoms with Gasteiger partial charge in [0.1, 0.15) is 11.4 Å². The standard InChI is InChI=1S/C26H26FN3O5S/c27-21-12-19-22(30(17-5-6-17)15-20(25(19)31)26(32)33)13-23(21)29-9-7-28(8-10-29)14-18-11-16-3-1-2-4-24(16)36(18,34)35/h1-4,11-13,15,17,34-35H,5-10,14H2,(H,32,33). The van der Waals surface area contributed by atoms with Gasteiger partial charge in [0.25, 0.3) is 0 Å². The Kier molecular flexibility index (Phi) is 5.45. The second-order valence-corrected chi connectivity index (χ2v) is 11.7. The Bertz CT molecular complexity index is 1490. The summed E-state index contributed by atoms with van der Waals surface area (Å²) in [5.74, 6) is -1.87. The fourth-order valence-electron chi connectivity index (χ4n) is 5.17. The van der Waals surface area contributed by atoms with Crippen LogP contribution in [0.3, 0.4) is 0 Å². The molecule has 2 aromatic carbocycles. The maximum absolute atomic E-state index is 15.2. The molecular formula is C26H26FN3O5S. The SMILES string of the molecule is O=C(O)c1cn(C2CC2)c2cc(N3CCN(CC4=Cc5ccccc5S4(O)O)CC3)c(F)cc2c1=O. The number of fused-ring (bicyclic) bond motifs is 2. The molecule has 1 aromatic heterocycles. The number of carbonyl (C=O) groups is 1. The van der Waals surface area contributed by atoms with Crippen LogP contribution in [0.1, 0.15) is 34.8 Å². The number of pyridine rings is 1. The Labute approximate surface area is 208 Å². The highest BCUT2D eigenvalue weighted by Crippen LogP contribution is 2.61. The van der Waals surface area contributed by atoms with Crippen molar-refractivity contribution in [2.24, 2.45) is 0 Å². The number of carboxylic acids is 1. The minimum atomic E-state index is -2.99. The molecule has 3 aromatic rings. The number of nitrogens with zero attached hydrogens (tertiary/aromatic N) is 3. The molecule has 3 heterocycles. The van der Waals surface area contributed by atoms with Crippen molar-refractivity contribution >= 4 is 39.2 Å². The van der Waals surface area contributed by atoms with E-state index in [1.807, 2.05) is 23.1 Å². The number of aromatic nitrogens is 1. The van der Waals surface area contributed by atoms with Crippen molar-refractivity contribution in [1.29, 1.82) is 0 Å². The van der Waals surface area contributed by atoms with Crippen molar-refractivity contribution in [3.05, 3.63) is 74.7 Å². The fraction of sp³-hybridized carbons (Fsp3) is 0.308. The van der Waals surface area contributed by atoms with E-state index in [9.17, 15) is 23.8 Å². The first-order chi connectivity index (χ1) is 17.2. The molecule has 8 nitrogen and oxygen atoms in total. The van der Waals surface area contributed by atoms with Crippen LogP contribution >= 0.6 is 10.6 Å². The summed E-state index contributed by atoms with van der Waals surface area (Å²) in [6.07, 6.45) is 5.02. The van der Waals surface area contributed by atoms with Gasteiger partial charge in [0.05, 0.1) is 21.0 Å². The summed E-state index contributed by atoms with van der Waals surface area (Å²) in [6.45, 7) is 2.69. The number of anilines is 1. The highest BCUT2D eigenvalue weighted by Gasteiger charge is 2.32. The van der Waals surface area contributed by atoms with Gasteiger partial charge in [-0.15, -0.1) is 10.6 Å². The number of hydrogen-bond donors (Lipinski definition) is 3. The van der Waals surface area contributed by atoms with Gasteiger partial charge in [0, 0.05) is 50.3 Å². The molecule has 2 aliphatic heterocycles. The lowest BCUT2D eigenvalue weighted by molar-refractivity contribution is 0.0694. The molecule has 10 heteroatoms. The van der Waals surface area contributed by atoms with Crippen molar-refractivity contribution in [3.63, 3.8) is 0 Å². The molecule has 0 spiro atoms. The molecule has 6 rings (SSSR count). The summed E-state index contributed by atoms with van der Waals surface area (Å²) in [5.41, 5.74) is 0.751. The molecule has 2 fully saturated rings. The summed E-state index contributed by atoms with van der Waals surface area (Å²) in [4.78, 5) is 29.5. The van der Waals surface area contributed by atoms with Crippen LogP contribution in [-0.2, 0) is 0 Å². The molecule has 1 saturated heterocycles. The van der Waals surface area contributed by atoms with Gasteiger partial charge in [0.2, 0.25) is 5.43 Å². The molecule has 3 N–H and O–H groups in total. The molecular weight excluding hydrogens is 485 g/mol. The summed E-state index contributed by atoms with van der Waals surface area (Å²) < 4.78 is 38.6. The number of benzene rings is 2. The van der Waals surface area contributed by atoms with Crippen LogP contribution < -0.4 is 10.3 Å². The van der Waals surface area contributed by atoms with Gasteiger partial charge < -0.3 is 14.6 Å². The maximum Gasteiger partial charge on any atom is 0.341 e. The zero-order valence-corrected chi connectivity index (χ0v) is 20.2. The Morgan fingerprint density at radius 2 is 1.81 bits per heavy atom. The summed E-state index contributed by atoms with van der Waals surface area (Å²) in [7, 11) is -2.99. The maximum atomic E-state index is 15.2. The fourth-order valence-corrected chi connectivity index (χ4v) is 6.83. The van der Waals surface area contributed by atoms with Crippen molar-refractivity contribution in [3.8, 4) is 0 Å². The smallest absolute Gasteiger partial charge is 0.341 e. The summed E-state index contributed by atoms with van der Waals surface area (Å²) in [5, 5.41) is 9.52. The van der Waals surface area contributed by atoms with E-state index in [2.05, 4.69) is 4.90 Å². The topological polar surface area (TPSA) is 106 Å². The first-order valence-electron chi connectivity index (χ1n) is 11.9. The van der Waals surface area contributed by atoms with E-state index in [0.29, 0.717) is 53.7 Å². The Balaban J connectivity index is 1.24. The second-order valence-electron chi connectivity index (χ2n) is 9.60. The number of aromatic carboxylic acids is 1.